The molecule has 0 aliphatic heterocycles. The lowest BCUT2D eigenvalue weighted by Gasteiger charge is -2.10. The normalized spacial score (nSPS) is 10.6. The standard InChI is InChI=1S/C15H17ClN2O2/c1-4-13(19)11-7-5-6-8-14(11)20-9-12-10(2)17-18(3)15(12)16/h5-8H,4,9H2,1-3H3. The van der Waals surface area contributed by atoms with Crippen molar-refractivity contribution in [2.45, 2.75) is 26.9 Å². The molecule has 0 spiro atoms. The van der Waals surface area contributed by atoms with E-state index in [-0.39, 0.29) is 5.78 Å². The molecule has 0 aliphatic carbocycles. The number of carbonyl (C=O) groups is 1. The van der Waals surface area contributed by atoms with Crippen molar-refractivity contribution in [1.29, 1.82) is 0 Å². The van der Waals surface area contributed by atoms with Crippen molar-refractivity contribution in [2.75, 3.05) is 0 Å². The average molecular weight is 293 g/mol. The van der Waals surface area contributed by atoms with Crippen molar-refractivity contribution in [3.8, 4) is 5.75 Å². The predicted octanol–water partition coefficient (Wildman–Crippen LogP) is 3.55. The summed E-state index contributed by atoms with van der Waals surface area (Å²) in [4.78, 5) is 11.9. The van der Waals surface area contributed by atoms with E-state index < -0.39 is 0 Å². The number of benzene rings is 1. The molecule has 0 saturated heterocycles. The van der Waals surface area contributed by atoms with E-state index in [0.717, 1.165) is 11.3 Å². The van der Waals surface area contributed by atoms with E-state index in [4.69, 9.17) is 16.3 Å². The smallest absolute Gasteiger partial charge is 0.166 e. The Balaban J connectivity index is 2.21. The number of nitrogens with zero attached hydrogens (tertiary/aromatic N) is 2. The molecule has 106 valence electrons. The molecule has 20 heavy (non-hydrogen) atoms. The monoisotopic (exact) mass is 292 g/mol. The van der Waals surface area contributed by atoms with Gasteiger partial charge in [0, 0.05) is 19.0 Å². The number of rotatable bonds is 5. The van der Waals surface area contributed by atoms with Crippen LogP contribution in [0.25, 0.3) is 0 Å². The summed E-state index contributed by atoms with van der Waals surface area (Å²) >= 11 is 6.16. The van der Waals surface area contributed by atoms with Crippen LogP contribution in [0.3, 0.4) is 0 Å². The minimum absolute atomic E-state index is 0.0644. The maximum atomic E-state index is 11.9. The molecule has 1 aromatic heterocycles. The molecular weight excluding hydrogens is 276 g/mol. The van der Waals surface area contributed by atoms with Gasteiger partial charge >= 0.3 is 0 Å². The Hall–Kier alpha value is -1.81. The highest BCUT2D eigenvalue weighted by Gasteiger charge is 2.14. The van der Waals surface area contributed by atoms with Crippen LogP contribution in [-0.4, -0.2) is 15.6 Å². The Morgan fingerprint density at radius 1 is 1.40 bits per heavy atom. The van der Waals surface area contributed by atoms with E-state index in [9.17, 15) is 4.79 Å². The summed E-state index contributed by atoms with van der Waals surface area (Å²) in [5, 5.41) is 4.79. The van der Waals surface area contributed by atoms with Gasteiger partial charge < -0.3 is 4.74 Å². The fourth-order valence-electron chi connectivity index (χ4n) is 2.00. The SMILES string of the molecule is CCC(=O)c1ccccc1OCc1c(C)nn(C)c1Cl. The largest absolute Gasteiger partial charge is 0.488 e. The number of carbonyl (C=O) groups excluding carboxylic acids is 1. The lowest BCUT2D eigenvalue weighted by atomic mass is 10.1. The third kappa shape index (κ3) is 2.85. The summed E-state index contributed by atoms with van der Waals surface area (Å²) < 4.78 is 7.37. The topological polar surface area (TPSA) is 44.1 Å². The second-order valence-corrected chi connectivity index (χ2v) is 4.90. The van der Waals surface area contributed by atoms with Gasteiger partial charge in [-0.2, -0.15) is 5.10 Å². The quantitative estimate of drug-likeness (QED) is 0.792. The van der Waals surface area contributed by atoms with Crippen molar-refractivity contribution in [2.24, 2.45) is 7.05 Å². The molecular formula is C15H17ClN2O2. The number of hydrogen-bond acceptors (Lipinski definition) is 3. The molecule has 0 bridgehead atoms. The molecule has 0 aliphatic rings. The highest BCUT2D eigenvalue weighted by atomic mass is 35.5. The van der Waals surface area contributed by atoms with Crippen LogP contribution < -0.4 is 4.74 Å². The number of aryl methyl sites for hydroxylation is 2. The molecule has 1 heterocycles. The number of ketones is 1. The molecule has 2 rings (SSSR count). The van der Waals surface area contributed by atoms with Gasteiger partial charge in [-0.25, -0.2) is 0 Å². The Morgan fingerprint density at radius 2 is 2.10 bits per heavy atom. The first-order valence-corrected chi connectivity index (χ1v) is 6.85. The predicted molar refractivity (Wildman–Crippen MR) is 78.4 cm³/mol. The molecule has 0 atom stereocenters. The Bertz CT molecular complexity index is 635. The zero-order valence-electron chi connectivity index (χ0n) is 11.8. The summed E-state index contributed by atoms with van der Waals surface area (Å²) in [6.07, 6.45) is 0.451. The summed E-state index contributed by atoms with van der Waals surface area (Å²) in [5.74, 6) is 0.647. The van der Waals surface area contributed by atoms with Crippen LogP contribution in [0, 0.1) is 6.92 Å². The zero-order chi connectivity index (χ0) is 14.7. The van der Waals surface area contributed by atoms with Crippen LogP contribution in [0.15, 0.2) is 24.3 Å². The van der Waals surface area contributed by atoms with Crippen LogP contribution in [0.5, 0.6) is 5.75 Å². The number of aromatic nitrogens is 2. The van der Waals surface area contributed by atoms with E-state index in [2.05, 4.69) is 5.10 Å². The van der Waals surface area contributed by atoms with Gasteiger partial charge in [-0.1, -0.05) is 30.7 Å². The van der Waals surface area contributed by atoms with Crippen molar-refractivity contribution < 1.29 is 9.53 Å². The van der Waals surface area contributed by atoms with Crippen LogP contribution >= 0.6 is 11.6 Å². The summed E-state index contributed by atoms with van der Waals surface area (Å²) in [7, 11) is 1.79. The molecule has 0 fully saturated rings. The lowest BCUT2D eigenvalue weighted by Crippen LogP contribution is -2.04. The molecule has 2 aromatic rings. The average Bonchev–Trinajstić information content (AvgIpc) is 2.70. The van der Waals surface area contributed by atoms with Crippen LogP contribution in [0.1, 0.15) is 35.0 Å². The second-order valence-electron chi connectivity index (χ2n) is 4.54. The number of ether oxygens (including phenoxy) is 1. The van der Waals surface area contributed by atoms with Gasteiger partial charge in [-0.3, -0.25) is 9.48 Å². The summed E-state index contributed by atoms with van der Waals surface area (Å²) in [6, 6.07) is 7.25. The minimum Gasteiger partial charge on any atom is -0.488 e. The number of para-hydroxylation sites is 1. The van der Waals surface area contributed by atoms with E-state index in [1.54, 1.807) is 23.9 Å². The van der Waals surface area contributed by atoms with Crippen LogP contribution in [-0.2, 0) is 13.7 Å². The van der Waals surface area contributed by atoms with Gasteiger partial charge in [-0.15, -0.1) is 0 Å². The van der Waals surface area contributed by atoms with Crippen molar-refractivity contribution in [1.82, 2.24) is 9.78 Å². The molecule has 0 amide bonds. The number of hydrogen-bond donors (Lipinski definition) is 0. The maximum Gasteiger partial charge on any atom is 0.166 e. The fraction of sp³-hybridized carbons (Fsp3) is 0.333. The molecule has 1 aromatic carbocycles. The van der Waals surface area contributed by atoms with E-state index in [1.165, 1.54) is 0 Å². The fourth-order valence-corrected chi connectivity index (χ4v) is 2.23. The second kappa shape index (κ2) is 6.09. The van der Waals surface area contributed by atoms with Gasteiger partial charge in [0.1, 0.15) is 17.5 Å². The maximum absolute atomic E-state index is 11.9. The summed E-state index contributed by atoms with van der Waals surface area (Å²) in [5.41, 5.74) is 2.28. The Morgan fingerprint density at radius 3 is 2.70 bits per heavy atom. The molecule has 0 radical (unpaired) electrons. The van der Waals surface area contributed by atoms with E-state index >= 15 is 0 Å². The third-order valence-corrected chi connectivity index (χ3v) is 3.62. The molecule has 0 N–H and O–H groups in total. The van der Waals surface area contributed by atoms with Gasteiger partial charge in [0.25, 0.3) is 0 Å². The van der Waals surface area contributed by atoms with Gasteiger partial charge in [0.05, 0.1) is 11.3 Å². The molecule has 0 unspecified atom stereocenters. The highest BCUT2D eigenvalue weighted by Crippen LogP contribution is 2.24. The van der Waals surface area contributed by atoms with Crippen LogP contribution in [0.2, 0.25) is 5.15 Å². The molecule has 0 saturated carbocycles. The zero-order valence-corrected chi connectivity index (χ0v) is 12.6. The Labute approximate surface area is 123 Å². The summed E-state index contributed by atoms with van der Waals surface area (Å²) in [6.45, 7) is 4.02. The minimum atomic E-state index is 0.0644. The van der Waals surface area contributed by atoms with Crippen molar-refractivity contribution in [3.63, 3.8) is 0 Å². The number of halogens is 1. The third-order valence-electron chi connectivity index (χ3n) is 3.15. The number of Topliss-reactive ketones (excluding diaryl/α,β-unsaturated/α-hetero) is 1. The molecule has 5 heteroatoms. The van der Waals surface area contributed by atoms with Gasteiger partial charge in [-0.05, 0) is 19.1 Å². The molecule has 4 nitrogen and oxygen atoms in total. The van der Waals surface area contributed by atoms with Gasteiger partial charge in [0.15, 0.2) is 5.78 Å². The van der Waals surface area contributed by atoms with E-state index in [0.29, 0.717) is 29.5 Å². The van der Waals surface area contributed by atoms with E-state index in [1.807, 2.05) is 26.0 Å². The lowest BCUT2D eigenvalue weighted by molar-refractivity contribution is 0.0983. The first kappa shape index (κ1) is 14.6. The van der Waals surface area contributed by atoms with Crippen LogP contribution in [0.4, 0.5) is 0 Å². The first-order chi connectivity index (χ1) is 9.54. The highest BCUT2D eigenvalue weighted by molar-refractivity contribution is 6.30. The Kier molecular flexibility index (Phi) is 4.45. The first-order valence-electron chi connectivity index (χ1n) is 6.47. The van der Waals surface area contributed by atoms with Crippen molar-refractivity contribution >= 4 is 17.4 Å². The van der Waals surface area contributed by atoms with Crippen molar-refractivity contribution in [3.05, 3.63) is 46.2 Å². The van der Waals surface area contributed by atoms with Gasteiger partial charge in [0.2, 0.25) is 0 Å².